The van der Waals surface area contributed by atoms with Crippen LogP contribution in [0.3, 0.4) is 0 Å². The Labute approximate surface area is 161 Å². The summed E-state index contributed by atoms with van der Waals surface area (Å²) in [4.78, 5) is 6.70. The van der Waals surface area contributed by atoms with E-state index >= 15 is 0 Å². The fraction of sp³-hybridized carbons (Fsp3) is 0.632. The van der Waals surface area contributed by atoms with Gasteiger partial charge in [-0.15, -0.1) is 0 Å². The number of anilines is 1. The van der Waals surface area contributed by atoms with Crippen molar-refractivity contribution in [1.82, 2.24) is 14.6 Å². The van der Waals surface area contributed by atoms with Gasteiger partial charge in [0, 0.05) is 19.2 Å². The van der Waals surface area contributed by atoms with Crippen molar-refractivity contribution < 1.29 is 20.1 Å². The van der Waals surface area contributed by atoms with Crippen LogP contribution >= 0.6 is 0 Å². The van der Waals surface area contributed by atoms with Crippen LogP contribution in [0.1, 0.15) is 36.9 Å². The zero-order valence-corrected chi connectivity index (χ0v) is 15.3. The second kappa shape index (κ2) is 6.67. The summed E-state index contributed by atoms with van der Waals surface area (Å²) in [6, 6.07) is 3.89. The first kappa shape index (κ1) is 17.8. The number of ether oxygens (including phenoxy) is 1. The second-order valence-corrected chi connectivity index (χ2v) is 8.06. The molecule has 2 saturated heterocycles. The van der Waals surface area contributed by atoms with E-state index in [1.165, 1.54) is 23.8 Å². The van der Waals surface area contributed by atoms with Crippen LogP contribution in [0.15, 0.2) is 12.3 Å². The first-order valence-corrected chi connectivity index (χ1v) is 9.77. The Hall–Kier alpha value is -2.25. The minimum atomic E-state index is -1.23. The molecular weight excluding hydrogens is 362 g/mol. The molecule has 0 radical (unpaired) electrons. The van der Waals surface area contributed by atoms with Gasteiger partial charge in [-0.1, -0.05) is 6.42 Å². The molecule has 9 nitrogen and oxygen atoms in total. The Bertz CT molecular complexity index is 928. The molecule has 2 aromatic heterocycles. The van der Waals surface area contributed by atoms with E-state index in [9.17, 15) is 20.6 Å². The van der Waals surface area contributed by atoms with Gasteiger partial charge in [0.1, 0.15) is 36.0 Å². The van der Waals surface area contributed by atoms with E-state index in [4.69, 9.17) is 4.74 Å². The molecule has 2 unspecified atom stereocenters. The van der Waals surface area contributed by atoms with Crippen molar-refractivity contribution in [2.75, 3.05) is 24.6 Å². The van der Waals surface area contributed by atoms with Crippen molar-refractivity contribution in [3.8, 4) is 6.07 Å². The van der Waals surface area contributed by atoms with Gasteiger partial charge in [0.2, 0.25) is 0 Å². The summed E-state index contributed by atoms with van der Waals surface area (Å²) < 4.78 is 7.15. The maximum absolute atomic E-state index is 10.4. The third kappa shape index (κ3) is 2.60. The zero-order chi connectivity index (χ0) is 19.4. The van der Waals surface area contributed by atoms with Gasteiger partial charge in [-0.05, 0) is 24.7 Å². The molecule has 0 amide bonds. The summed E-state index contributed by atoms with van der Waals surface area (Å²) >= 11 is 0. The predicted octanol–water partition coefficient (Wildman–Crippen LogP) is -0.00872. The Morgan fingerprint density at radius 3 is 2.61 bits per heavy atom. The number of nitriles is 1. The van der Waals surface area contributed by atoms with E-state index in [2.05, 4.69) is 21.1 Å². The average Bonchev–Trinajstić information content (AvgIpc) is 3.45. The third-order valence-electron chi connectivity index (χ3n) is 6.49. The van der Waals surface area contributed by atoms with E-state index in [1.807, 2.05) is 0 Å². The molecule has 1 aliphatic carbocycles. The van der Waals surface area contributed by atoms with Crippen LogP contribution in [0.5, 0.6) is 0 Å². The number of fused-ring (bicyclic) bond motifs is 2. The van der Waals surface area contributed by atoms with Crippen LogP contribution in [0.4, 0.5) is 5.69 Å². The minimum Gasteiger partial charge on any atom is -0.394 e. The van der Waals surface area contributed by atoms with E-state index in [1.54, 1.807) is 12.3 Å². The number of hydrogen-bond donors (Lipinski definition) is 3. The Morgan fingerprint density at radius 1 is 1.21 bits per heavy atom. The normalized spacial score (nSPS) is 34.9. The predicted molar refractivity (Wildman–Crippen MR) is 97.5 cm³/mol. The summed E-state index contributed by atoms with van der Waals surface area (Å²) in [5.41, 5.74) is 1.91. The summed E-state index contributed by atoms with van der Waals surface area (Å²) in [5, 5.41) is 43.6. The van der Waals surface area contributed by atoms with Gasteiger partial charge in [-0.2, -0.15) is 10.4 Å². The summed E-state index contributed by atoms with van der Waals surface area (Å²) in [6.07, 6.45) is 1.21. The molecule has 0 bridgehead atoms. The van der Waals surface area contributed by atoms with Crippen molar-refractivity contribution in [3.05, 3.63) is 23.8 Å². The molecule has 9 heteroatoms. The Kier molecular flexibility index (Phi) is 4.25. The first-order valence-electron chi connectivity index (χ1n) is 9.77. The van der Waals surface area contributed by atoms with E-state index < -0.39 is 31.0 Å². The van der Waals surface area contributed by atoms with Gasteiger partial charge in [0.15, 0.2) is 11.5 Å². The molecule has 5 rings (SSSR count). The Balaban J connectivity index is 1.56. The van der Waals surface area contributed by atoms with Crippen LogP contribution in [-0.4, -0.2) is 67.9 Å². The molecule has 3 N–H and O–H groups in total. The molecule has 4 heterocycles. The lowest BCUT2D eigenvalue weighted by atomic mass is 10.0. The lowest BCUT2D eigenvalue weighted by Crippen LogP contribution is -2.32. The molecular formula is C19H23N5O4. The molecule has 28 heavy (non-hydrogen) atoms. The third-order valence-corrected chi connectivity index (χ3v) is 6.49. The average molecular weight is 385 g/mol. The monoisotopic (exact) mass is 385 g/mol. The van der Waals surface area contributed by atoms with Gasteiger partial charge in [-0.25, -0.2) is 9.50 Å². The zero-order valence-electron chi connectivity index (χ0n) is 15.3. The molecule has 6 atom stereocenters. The molecule has 0 aromatic carbocycles. The second-order valence-electron chi connectivity index (χ2n) is 8.06. The SMILES string of the molecule is N#Cc1cc(N2CC3CCCC3C2)c2cnc([C@@H]3O[C@H](CO)[C@@H](O)[C@H]3O)n2n1. The van der Waals surface area contributed by atoms with E-state index in [0.717, 1.165) is 24.3 Å². The lowest BCUT2D eigenvalue weighted by Gasteiger charge is -2.21. The van der Waals surface area contributed by atoms with Crippen LogP contribution in [0, 0.1) is 23.2 Å². The van der Waals surface area contributed by atoms with Crippen molar-refractivity contribution in [3.63, 3.8) is 0 Å². The van der Waals surface area contributed by atoms with Crippen molar-refractivity contribution >= 4 is 11.2 Å². The summed E-state index contributed by atoms with van der Waals surface area (Å²) in [5.74, 6) is 1.71. The fourth-order valence-electron chi connectivity index (χ4n) is 5.03. The maximum atomic E-state index is 10.4. The van der Waals surface area contributed by atoms with Gasteiger partial charge in [0.25, 0.3) is 0 Å². The fourth-order valence-corrected chi connectivity index (χ4v) is 5.03. The highest BCUT2D eigenvalue weighted by atomic mass is 16.6. The molecule has 3 aliphatic rings. The van der Waals surface area contributed by atoms with Crippen molar-refractivity contribution in [2.24, 2.45) is 11.8 Å². The van der Waals surface area contributed by atoms with Gasteiger partial charge >= 0.3 is 0 Å². The van der Waals surface area contributed by atoms with Gasteiger partial charge in [-0.3, -0.25) is 0 Å². The highest BCUT2D eigenvalue weighted by Crippen LogP contribution is 2.41. The molecule has 2 aliphatic heterocycles. The molecule has 2 aromatic rings. The van der Waals surface area contributed by atoms with Crippen LogP contribution in [-0.2, 0) is 4.74 Å². The molecule has 1 saturated carbocycles. The van der Waals surface area contributed by atoms with Crippen molar-refractivity contribution in [2.45, 2.75) is 43.7 Å². The number of rotatable bonds is 3. The smallest absolute Gasteiger partial charge is 0.163 e. The first-order chi connectivity index (χ1) is 13.6. The molecule has 3 fully saturated rings. The number of aliphatic hydroxyl groups excluding tert-OH is 3. The van der Waals surface area contributed by atoms with Gasteiger partial charge < -0.3 is 25.0 Å². The topological polar surface area (TPSA) is 127 Å². The van der Waals surface area contributed by atoms with E-state index in [0.29, 0.717) is 17.7 Å². The lowest BCUT2D eigenvalue weighted by molar-refractivity contribution is -0.0257. The minimum absolute atomic E-state index is 0.255. The van der Waals surface area contributed by atoms with Crippen LogP contribution in [0.2, 0.25) is 0 Å². The van der Waals surface area contributed by atoms with Crippen LogP contribution in [0.25, 0.3) is 5.52 Å². The largest absolute Gasteiger partial charge is 0.394 e. The number of aliphatic hydroxyl groups is 3. The molecule has 148 valence electrons. The number of imidazole rings is 1. The highest BCUT2D eigenvalue weighted by Gasteiger charge is 2.45. The van der Waals surface area contributed by atoms with Gasteiger partial charge in [0.05, 0.1) is 18.5 Å². The Morgan fingerprint density at radius 2 is 1.96 bits per heavy atom. The maximum Gasteiger partial charge on any atom is 0.163 e. The van der Waals surface area contributed by atoms with Crippen LogP contribution < -0.4 is 4.90 Å². The summed E-state index contributed by atoms with van der Waals surface area (Å²) in [6.45, 7) is 1.52. The van der Waals surface area contributed by atoms with E-state index in [-0.39, 0.29) is 5.69 Å². The number of hydrogen-bond acceptors (Lipinski definition) is 8. The summed E-state index contributed by atoms with van der Waals surface area (Å²) in [7, 11) is 0. The quantitative estimate of drug-likeness (QED) is 0.673. The number of nitrogens with zero attached hydrogens (tertiary/aromatic N) is 5. The number of aromatic nitrogens is 3. The standard InChI is InChI=1S/C19H23N5O4/c20-5-12-4-13(23-7-10-2-1-3-11(10)8-23)14-6-21-19(24(14)22-12)18-17(27)16(26)15(9-25)28-18/h4,6,10-11,15-18,25-27H,1-3,7-9H2/t10?,11?,15-,16-,17-,18-/m1/s1. The van der Waals surface area contributed by atoms with Crippen molar-refractivity contribution in [1.29, 1.82) is 5.26 Å². The highest BCUT2D eigenvalue weighted by molar-refractivity contribution is 5.74. The molecule has 0 spiro atoms.